The van der Waals surface area contributed by atoms with Gasteiger partial charge >= 0.3 is 0 Å². The largest absolute Gasteiger partial charge is 0.278 e. The molecule has 0 aliphatic rings. The van der Waals surface area contributed by atoms with Gasteiger partial charge in [0.15, 0.2) is 0 Å². The van der Waals surface area contributed by atoms with Gasteiger partial charge in [-0.1, -0.05) is 0 Å². The molecule has 0 aliphatic carbocycles. The highest BCUT2D eigenvalue weighted by Gasteiger charge is 2.10. The van der Waals surface area contributed by atoms with E-state index >= 15 is 0 Å². The van der Waals surface area contributed by atoms with Crippen molar-refractivity contribution in [2.75, 3.05) is 0 Å². The molecule has 0 saturated carbocycles. The summed E-state index contributed by atoms with van der Waals surface area (Å²) >= 11 is 1.43. The van der Waals surface area contributed by atoms with Crippen LogP contribution in [0.2, 0.25) is 0 Å². The Bertz CT molecular complexity index is 933. The van der Waals surface area contributed by atoms with E-state index in [4.69, 9.17) is 0 Å². The first-order chi connectivity index (χ1) is 9.81. The fourth-order valence-corrected chi connectivity index (χ4v) is 2.58. The van der Waals surface area contributed by atoms with Crippen LogP contribution in [0, 0.1) is 0 Å². The number of fused-ring (bicyclic) bond motifs is 1. The highest BCUT2D eigenvalue weighted by molar-refractivity contribution is 7.12. The first kappa shape index (κ1) is 11.1. The lowest BCUT2D eigenvalue weighted by atomic mass is 10.3. The molecule has 0 atom stereocenters. The summed E-state index contributed by atoms with van der Waals surface area (Å²) in [4.78, 5) is 24.6. The van der Waals surface area contributed by atoms with Crippen LogP contribution in [0.5, 0.6) is 0 Å². The van der Waals surface area contributed by atoms with Crippen LogP contribution < -0.4 is 5.56 Å². The summed E-state index contributed by atoms with van der Waals surface area (Å²) in [5.74, 6) is 0.320. The van der Waals surface area contributed by atoms with Crippen LogP contribution in [0.15, 0.2) is 41.0 Å². The maximum atomic E-state index is 11.9. The molecule has 0 aliphatic heterocycles. The molecule has 98 valence electrons. The Morgan fingerprint density at radius 2 is 2.20 bits per heavy atom. The van der Waals surface area contributed by atoms with Crippen LogP contribution in [-0.4, -0.2) is 34.3 Å². The van der Waals surface area contributed by atoms with Crippen molar-refractivity contribution in [3.8, 4) is 16.5 Å². The normalized spacial score (nSPS) is 11.2. The molecular weight excluding hydrogens is 278 g/mol. The number of nitrogens with zero attached hydrogens (tertiary/aromatic N) is 6. The molecular formula is C11H7N7OS. The van der Waals surface area contributed by atoms with Gasteiger partial charge in [-0.2, -0.15) is 9.61 Å². The van der Waals surface area contributed by atoms with E-state index < -0.39 is 0 Å². The van der Waals surface area contributed by atoms with Gasteiger partial charge in [-0.15, -0.1) is 11.3 Å². The Morgan fingerprint density at radius 1 is 1.25 bits per heavy atom. The van der Waals surface area contributed by atoms with Gasteiger partial charge in [-0.25, -0.2) is 19.6 Å². The number of aromatic nitrogens is 7. The minimum atomic E-state index is -0.226. The third kappa shape index (κ3) is 1.64. The lowest BCUT2D eigenvalue weighted by Crippen LogP contribution is -2.14. The van der Waals surface area contributed by atoms with Gasteiger partial charge in [0.2, 0.25) is 5.13 Å². The average molecular weight is 285 g/mol. The van der Waals surface area contributed by atoms with Crippen LogP contribution in [0.1, 0.15) is 0 Å². The van der Waals surface area contributed by atoms with E-state index in [1.54, 1.807) is 10.9 Å². The van der Waals surface area contributed by atoms with Gasteiger partial charge in [0.1, 0.15) is 12.0 Å². The Hall–Kier alpha value is -2.81. The minimum Gasteiger partial charge on any atom is -0.278 e. The number of H-pyrrole nitrogens is 1. The van der Waals surface area contributed by atoms with Crippen molar-refractivity contribution in [3.05, 3.63) is 46.6 Å². The van der Waals surface area contributed by atoms with E-state index in [0.29, 0.717) is 22.3 Å². The molecule has 8 nitrogen and oxygen atoms in total. The predicted octanol–water partition coefficient (Wildman–Crippen LogP) is 0.727. The Kier molecular flexibility index (Phi) is 2.27. The van der Waals surface area contributed by atoms with E-state index in [-0.39, 0.29) is 5.56 Å². The molecule has 4 aromatic heterocycles. The van der Waals surface area contributed by atoms with Gasteiger partial charge in [-0.3, -0.25) is 9.89 Å². The molecule has 0 spiro atoms. The summed E-state index contributed by atoms with van der Waals surface area (Å²) < 4.78 is 2.93. The van der Waals surface area contributed by atoms with Crippen LogP contribution >= 0.6 is 11.3 Å². The summed E-state index contributed by atoms with van der Waals surface area (Å²) in [5.41, 5.74) is 0.899. The lowest BCUT2D eigenvalue weighted by Gasteiger charge is -1.96. The lowest BCUT2D eigenvalue weighted by molar-refractivity contribution is 0.869. The molecule has 4 rings (SSSR count). The highest BCUT2D eigenvalue weighted by Crippen LogP contribution is 2.21. The number of hydrogen-bond donors (Lipinski definition) is 1. The predicted molar refractivity (Wildman–Crippen MR) is 71.8 cm³/mol. The average Bonchev–Trinajstić information content (AvgIpc) is 3.19. The zero-order chi connectivity index (χ0) is 13.5. The molecule has 0 fully saturated rings. The van der Waals surface area contributed by atoms with Crippen molar-refractivity contribution < 1.29 is 0 Å². The van der Waals surface area contributed by atoms with Gasteiger partial charge < -0.3 is 0 Å². The Morgan fingerprint density at radius 3 is 3.05 bits per heavy atom. The number of hydrogen-bond acceptors (Lipinski definition) is 6. The monoisotopic (exact) mass is 285 g/mol. The van der Waals surface area contributed by atoms with E-state index in [9.17, 15) is 4.79 Å². The molecule has 0 aromatic carbocycles. The van der Waals surface area contributed by atoms with Crippen LogP contribution in [0.4, 0.5) is 0 Å². The zero-order valence-corrected chi connectivity index (χ0v) is 10.8. The van der Waals surface area contributed by atoms with Crippen molar-refractivity contribution in [3.63, 3.8) is 0 Å². The summed E-state index contributed by atoms with van der Waals surface area (Å²) in [6.07, 6.45) is 4.91. The molecule has 0 amide bonds. The molecule has 0 saturated heterocycles. The number of rotatable bonds is 2. The molecule has 20 heavy (non-hydrogen) atoms. The van der Waals surface area contributed by atoms with Gasteiger partial charge in [-0.05, 0) is 6.07 Å². The Balaban J connectivity index is 1.85. The van der Waals surface area contributed by atoms with E-state index in [0.717, 1.165) is 0 Å². The van der Waals surface area contributed by atoms with Crippen molar-refractivity contribution in [2.24, 2.45) is 0 Å². The van der Waals surface area contributed by atoms with Crippen molar-refractivity contribution >= 4 is 17.1 Å². The van der Waals surface area contributed by atoms with E-state index in [1.165, 1.54) is 28.2 Å². The van der Waals surface area contributed by atoms with Gasteiger partial charge in [0.25, 0.3) is 11.3 Å². The molecule has 0 unspecified atom stereocenters. The quantitative estimate of drug-likeness (QED) is 0.586. The SMILES string of the molecule is O=c1cc(-c2csc(-n3cccn3)n2)nc2nc[nH]n12. The summed E-state index contributed by atoms with van der Waals surface area (Å²) in [6.45, 7) is 0. The van der Waals surface area contributed by atoms with Gasteiger partial charge in [0, 0.05) is 23.8 Å². The molecule has 0 bridgehead atoms. The molecule has 4 aromatic rings. The first-order valence-corrected chi connectivity index (χ1v) is 6.58. The number of aromatic amines is 1. The fraction of sp³-hybridized carbons (Fsp3) is 0. The minimum absolute atomic E-state index is 0.226. The molecule has 4 heterocycles. The summed E-state index contributed by atoms with van der Waals surface area (Å²) in [5, 5.41) is 9.36. The van der Waals surface area contributed by atoms with Gasteiger partial charge in [0.05, 0.1) is 5.69 Å². The molecule has 9 heteroatoms. The molecule has 1 N–H and O–H groups in total. The van der Waals surface area contributed by atoms with Crippen molar-refractivity contribution in [2.45, 2.75) is 0 Å². The molecule has 0 radical (unpaired) electrons. The number of nitrogens with one attached hydrogen (secondary N) is 1. The first-order valence-electron chi connectivity index (χ1n) is 5.70. The summed E-state index contributed by atoms with van der Waals surface area (Å²) in [6, 6.07) is 3.24. The topological polar surface area (TPSA) is 93.8 Å². The maximum Gasteiger partial charge on any atom is 0.274 e. The van der Waals surface area contributed by atoms with E-state index in [2.05, 4.69) is 25.1 Å². The van der Waals surface area contributed by atoms with Crippen molar-refractivity contribution in [1.82, 2.24) is 34.3 Å². The second-order valence-electron chi connectivity index (χ2n) is 3.97. The van der Waals surface area contributed by atoms with Crippen LogP contribution in [0.3, 0.4) is 0 Å². The fourth-order valence-electron chi connectivity index (χ4n) is 1.82. The second kappa shape index (κ2) is 4.10. The maximum absolute atomic E-state index is 11.9. The summed E-state index contributed by atoms with van der Waals surface area (Å²) in [7, 11) is 0. The standard InChI is InChI=1S/C11H7N7OS/c19-9-4-7(15-10-12-6-14-18(9)10)8-5-20-11(16-8)17-3-1-2-13-17/h1-6H,(H,12,14,15). The Labute approximate surface area is 115 Å². The van der Waals surface area contributed by atoms with Crippen molar-refractivity contribution in [1.29, 1.82) is 0 Å². The highest BCUT2D eigenvalue weighted by atomic mass is 32.1. The second-order valence-corrected chi connectivity index (χ2v) is 4.80. The third-order valence-corrected chi connectivity index (χ3v) is 3.55. The van der Waals surface area contributed by atoms with Crippen LogP contribution in [-0.2, 0) is 0 Å². The number of thiazole rings is 1. The van der Waals surface area contributed by atoms with E-state index in [1.807, 2.05) is 17.6 Å². The zero-order valence-electron chi connectivity index (χ0n) is 9.96. The smallest absolute Gasteiger partial charge is 0.274 e. The third-order valence-electron chi connectivity index (χ3n) is 2.72. The van der Waals surface area contributed by atoms with Crippen LogP contribution in [0.25, 0.3) is 22.3 Å².